The summed E-state index contributed by atoms with van der Waals surface area (Å²) in [5.41, 5.74) is 8.69. The van der Waals surface area contributed by atoms with E-state index in [4.69, 9.17) is 10.5 Å². The molecule has 1 aliphatic heterocycles. The summed E-state index contributed by atoms with van der Waals surface area (Å²) in [5, 5.41) is 0. The molecule has 1 aliphatic rings. The molecule has 0 aromatic heterocycles. The van der Waals surface area contributed by atoms with E-state index in [9.17, 15) is 4.79 Å². The Morgan fingerprint density at radius 3 is 2.67 bits per heavy atom. The number of rotatable bonds is 6. The van der Waals surface area contributed by atoms with Gasteiger partial charge in [0.1, 0.15) is 0 Å². The van der Waals surface area contributed by atoms with Crippen LogP contribution in [-0.4, -0.2) is 37.1 Å². The smallest absolute Gasteiger partial charge is 0.254 e. The second kappa shape index (κ2) is 8.03. The minimum Gasteiger partial charge on any atom is -0.398 e. The van der Waals surface area contributed by atoms with Crippen LogP contribution in [0.15, 0.2) is 18.2 Å². The zero-order valence-electron chi connectivity index (χ0n) is 12.9. The van der Waals surface area contributed by atoms with Crippen LogP contribution in [0.1, 0.15) is 48.5 Å². The molecule has 1 aromatic rings. The van der Waals surface area contributed by atoms with Crippen molar-refractivity contribution in [2.45, 2.75) is 39.0 Å². The number of hydrogen-bond donors (Lipinski definition) is 1. The maximum Gasteiger partial charge on any atom is 0.254 e. The fraction of sp³-hybridized carbons (Fsp3) is 0.588. The van der Waals surface area contributed by atoms with Crippen LogP contribution >= 0.6 is 0 Å². The summed E-state index contributed by atoms with van der Waals surface area (Å²) in [6, 6.07) is 5.74. The van der Waals surface area contributed by atoms with Gasteiger partial charge in [-0.2, -0.15) is 0 Å². The molecule has 1 fully saturated rings. The van der Waals surface area contributed by atoms with Crippen molar-refractivity contribution in [2.24, 2.45) is 0 Å². The maximum absolute atomic E-state index is 12.4. The zero-order valence-corrected chi connectivity index (χ0v) is 12.9. The number of ether oxygens (including phenoxy) is 1. The van der Waals surface area contributed by atoms with Crippen LogP contribution in [0, 0.1) is 0 Å². The van der Waals surface area contributed by atoms with Gasteiger partial charge in [-0.05, 0) is 30.5 Å². The van der Waals surface area contributed by atoms with Gasteiger partial charge >= 0.3 is 0 Å². The Labute approximate surface area is 127 Å². The van der Waals surface area contributed by atoms with Gasteiger partial charge in [-0.1, -0.05) is 32.3 Å². The van der Waals surface area contributed by atoms with Crippen LogP contribution in [0.25, 0.3) is 0 Å². The first-order valence-corrected chi connectivity index (χ1v) is 7.97. The normalized spacial score (nSPS) is 15.2. The summed E-state index contributed by atoms with van der Waals surface area (Å²) < 4.78 is 5.27. The number of carbonyl (C=O) groups excluding carboxylic acids is 1. The first-order valence-electron chi connectivity index (χ1n) is 7.97. The van der Waals surface area contributed by atoms with Gasteiger partial charge in [-0.15, -0.1) is 0 Å². The standard InChI is InChI=1S/C17H26N2O2/c1-2-3-4-5-6-14-7-8-15(13-16(14)18)17(20)19-9-11-21-12-10-19/h7-8,13H,2-6,9-12,18H2,1H3. The van der Waals surface area contributed by atoms with Crippen LogP contribution in [0.5, 0.6) is 0 Å². The highest BCUT2D eigenvalue weighted by atomic mass is 16.5. The number of unbranched alkanes of at least 4 members (excludes halogenated alkanes) is 3. The monoisotopic (exact) mass is 290 g/mol. The first kappa shape index (κ1) is 15.8. The molecular weight excluding hydrogens is 264 g/mol. The van der Waals surface area contributed by atoms with Gasteiger partial charge in [0.25, 0.3) is 5.91 Å². The lowest BCUT2D eigenvalue weighted by atomic mass is 10.0. The highest BCUT2D eigenvalue weighted by Gasteiger charge is 2.18. The van der Waals surface area contributed by atoms with Gasteiger partial charge in [0.2, 0.25) is 0 Å². The second-order valence-corrected chi connectivity index (χ2v) is 5.63. The number of aryl methyl sites for hydroxylation is 1. The van der Waals surface area contributed by atoms with Gasteiger partial charge in [-0.3, -0.25) is 4.79 Å². The summed E-state index contributed by atoms with van der Waals surface area (Å²) in [6.45, 7) is 4.78. The fourth-order valence-electron chi connectivity index (χ4n) is 2.65. The van der Waals surface area contributed by atoms with E-state index in [0.29, 0.717) is 31.9 Å². The van der Waals surface area contributed by atoms with Crippen molar-refractivity contribution in [1.29, 1.82) is 0 Å². The number of nitrogens with two attached hydrogens (primary N) is 1. The third-order valence-corrected chi connectivity index (χ3v) is 3.99. The van der Waals surface area contributed by atoms with Crippen molar-refractivity contribution in [2.75, 3.05) is 32.0 Å². The molecule has 1 heterocycles. The lowest BCUT2D eigenvalue weighted by Gasteiger charge is -2.27. The third-order valence-electron chi connectivity index (χ3n) is 3.99. The SMILES string of the molecule is CCCCCCc1ccc(C(=O)N2CCOCC2)cc1N. The Hall–Kier alpha value is -1.55. The quantitative estimate of drug-likeness (QED) is 0.647. The lowest BCUT2D eigenvalue weighted by molar-refractivity contribution is 0.0303. The van der Waals surface area contributed by atoms with E-state index in [1.165, 1.54) is 19.3 Å². The summed E-state index contributed by atoms with van der Waals surface area (Å²) in [6.07, 6.45) is 5.91. The van der Waals surface area contributed by atoms with Crippen molar-refractivity contribution < 1.29 is 9.53 Å². The van der Waals surface area contributed by atoms with E-state index in [0.717, 1.165) is 24.1 Å². The molecule has 1 aromatic carbocycles. The molecule has 0 radical (unpaired) electrons. The Kier molecular flexibility index (Phi) is 6.05. The number of nitrogens with zero attached hydrogens (tertiary/aromatic N) is 1. The molecule has 2 N–H and O–H groups in total. The van der Waals surface area contributed by atoms with E-state index < -0.39 is 0 Å². The Balaban J connectivity index is 1.95. The van der Waals surface area contributed by atoms with E-state index in [1.54, 1.807) is 0 Å². The zero-order chi connectivity index (χ0) is 15.1. The molecule has 21 heavy (non-hydrogen) atoms. The molecule has 0 aliphatic carbocycles. The van der Waals surface area contributed by atoms with Gasteiger partial charge in [-0.25, -0.2) is 0 Å². The van der Waals surface area contributed by atoms with Gasteiger partial charge in [0.05, 0.1) is 13.2 Å². The van der Waals surface area contributed by atoms with Crippen molar-refractivity contribution in [3.05, 3.63) is 29.3 Å². The number of nitrogen functional groups attached to an aromatic ring is 1. The van der Waals surface area contributed by atoms with Crippen molar-refractivity contribution in [3.63, 3.8) is 0 Å². The number of benzene rings is 1. The maximum atomic E-state index is 12.4. The van der Waals surface area contributed by atoms with Crippen LogP contribution in [-0.2, 0) is 11.2 Å². The summed E-state index contributed by atoms with van der Waals surface area (Å²) >= 11 is 0. The third kappa shape index (κ3) is 4.46. The van der Waals surface area contributed by atoms with Crippen LogP contribution in [0.4, 0.5) is 5.69 Å². The summed E-state index contributed by atoms with van der Waals surface area (Å²) in [5.74, 6) is 0.0579. The number of carbonyl (C=O) groups is 1. The van der Waals surface area contributed by atoms with Crippen LogP contribution in [0.2, 0.25) is 0 Å². The molecule has 116 valence electrons. The topological polar surface area (TPSA) is 55.6 Å². The number of amides is 1. The lowest BCUT2D eigenvalue weighted by Crippen LogP contribution is -2.40. The average Bonchev–Trinajstić information content (AvgIpc) is 2.53. The number of anilines is 1. The molecule has 0 saturated carbocycles. The number of hydrogen-bond acceptors (Lipinski definition) is 3. The summed E-state index contributed by atoms with van der Waals surface area (Å²) in [4.78, 5) is 14.2. The molecule has 1 amide bonds. The second-order valence-electron chi connectivity index (χ2n) is 5.63. The van der Waals surface area contributed by atoms with E-state index >= 15 is 0 Å². The molecule has 0 unspecified atom stereocenters. The molecule has 0 bridgehead atoms. The molecule has 0 atom stereocenters. The minimum absolute atomic E-state index is 0.0579. The molecule has 1 saturated heterocycles. The molecular formula is C17H26N2O2. The van der Waals surface area contributed by atoms with Gasteiger partial charge < -0.3 is 15.4 Å². The average molecular weight is 290 g/mol. The predicted molar refractivity (Wildman–Crippen MR) is 85.4 cm³/mol. The Morgan fingerprint density at radius 1 is 1.24 bits per heavy atom. The molecule has 4 heteroatoms. The minimum atomic E-state index is 0.0579. The van der Waals surface area contributed by atoms with E-state index in [2.05, 4.69) is 6.92 Å². The van der Waals surface area contributed by atoms with E-state index in [1.807, 2.05) is 23.1 Å². The molecule has 0 spiro atoms. The van der Waals surface area contributed by atoms with Crippen LogP contribution in [0.3, 0.4) is 0 Å². The molecule has 4 nitrogen and oxygen atoms in total. The molecule has 2 rings (SSSR count). The largest absolute Gasteiger partial charge is 0.398 e. The highest BCUT2D eigenvalue weighted by Crippen LogP contribution is 2.19. The Morgan fingerprint density at radius 2 is 2.00 bits per heavy atom. The summed E-state index contributed by atoms with van der Waals surface area (Å²) in [7, 11) is 0. The first-order chi connectivity index (χ1) is 10.2. The van der Waals surface area contributed by atoms with E-state index in [-0.39, 0.29) is 5.91 Å². The highest BCUT2D eigenvalue weighted by molar-refractivity contribution is 5.95. The van der Waals surface area contributed by atoms with Crippen molar-refractivity contribution in [1.82, 2.24) is 4.90 Å². The predicted octanol–water partition coefficient (Wildman–Crippen LogP) is 2.86. The fourth-order valence-corrected chi connectivity index (χ4v) is 2.65. The van der Waals surface area contributed by atoms with Gasteiger partial charge in [0.15, 0.2) is 0 Å². The van der Waals surface area contributed by atoms with Crippen molar-refractivity contribution >= 4 is 11.6 Å². The van der Waals surface area contributed by atoms with Gasteiger partial charge in [0, 0.05) is 24.3 Å². The Bertz CT molecular complexity index is 468. The van der Waals surface area contributed by atoms with Crippen molar-refractivity contribution in [3.8, 4) is 0 Å². The number of morpholine rings is 1. The van der Waals surface area contributed by atoms with Crippen LogP contribution < -0.4 is 5.73 Å².